The molecule has 4 rings (SSSR count). The lowest BCUT2D eigenvalue weighted by molar-refractivity contribution is -0.135. The van der Waals surface area contributed by atoms with Gasteiger partial charge in [0.15, 0.2) is 0 Å². The molecule has 1 aliphatic heterocycles. The first-order valence-electron chi connectivity index (χ1n) is 12.5. The molecule has 0 unspecified atom stereocenters. The van der Waals surface area contributed by atoms with Crippen LogP contribution >= 0.6 is 0 Å². The quantitative estimate of drug-likeness (QED) is 0.576. The van der Waals surface area contributed by atoms with Crippen molar-refractivity contribution < 1.29 is 19.8 Å². The summed E-state index contributed by atoms with van der Waals surface area (Å²) >= 11 is 0. The maximum absolute atomic E-state index is 9.00. The van der Waals surface area contributed by atoms with E-state index in [0.29, 0.717) is 12.1 Å². The largest absolute Gasteiger partial charge is 0.481 e. The van der Waals surface area contributed by atoms with Gasteiger partial charge in [-0.3, -0.25) is 14.5 Å². The van der Waals surface area contributed by atoms with Crippen LogP contribution in [-0.4, -0.2) is 55.7 Å². The number of aromatic nitrogens is 2. The number of carboxylic acid groups (broad SMARTS) is 2. The smallest absolute Gasteiger partial charge is 0.300 e. The number of hydrogen-bond donors (Lipinski definition) is 3. The number of piperidine rings is 1. The summed E-state index contributed by atoms with van der Waals surface area (Å²) in [6, 6.07) is 5.51. The van der Waals surface area contributed by atoms with E-state index in [-0.39, 0.29) is 0 Å². The van der Waals surface area contributed by atoms with Crippen LogP contribution in [0.25, 0.3) is 11.4 Å². The van der Waals surface area contributed by atoms with Crippen LogP contribution in [0.5, 0.6) is 0 Å². The van der Waals surface area contributed by atoms with Crippen molar-refractivity contribution in [3.8, 4) is 11.4 Å². The first-order chi connectivity index (χ1) is 16.5. The Morgan fingerprint density at radius 3 is 2.20 bits per heavy atom. The summed E-state index contributed by atoms with van der Waals surface area (Å²) in [6.07, 6.45) is 10.1. The predicted octanol–water partition coefficient (Wildman–Crippen LogP) is 4.63. The van der Waals surface area contributed by atoms with Gasteiger partial charge < -0.3 is 20.5 Å². The Balaban J connectivity index is 0.000000473. The van der Waals surface area contributed by atoms with Gasteiger partial charge in [0, 0.05) is 50.4 Å². The normalized spacial score (nSPS) is 20.4. The Morgan fingerprint density at radius 2 is 1.66 bits per heavy atom. The second kappa shape index (κ2) is 13.4. The molecule has 0 amide bonds. The topological polar surface area (TPSA) is 122 Å². The summed E-state index contributed by atoms with van der Waals surface area (Å²) in [5.41, 5.74) is 11.6. The number of aliphatic carboxylic acids is 2. The van der Waals surface area contributed by atoms with Crippen molar-refractivity contribution in [2.75, 3.05) is 13.1 Å². The van der Waals surface area contributed by atoms with Gasteiger partial charge in [-0.2, -0.15) is 0 Å². The van der Waals surface area contributed by atoms with Crippen LogP contribution in [0.3, 0.4) is 0 Å². The number of likely N-dealkylation sites (tertiary alicyclic amines) is 1. The summed E-state index contributed by atoms with van der Waals surface area (Å²) in [5, 5.41) is 14.8. The molecular formula is C27H42N4O4. The van der Waals surface area contributed by atoms with Crippen molar-refractivity contribution in [1.82, 2.24) is 14.5 Å². The maximum atomic E-state index is 9.00. The van der Waals surface area contributed by atoms with Crippen molar-refractivity contribution in [3.63, 3.8) is 0 Å². The average Bonchev–Trinajstić information content (AvgIpc) is 3.40. The van der Waals surface area contributed by atoms with Gasteiger partial charge in [0.1, 0.15) is 5.82 Å². The number of benzene rings is 1. The lowest BCUT2D eigenvalue weighted by Gasteiger charge is -2.31. The van der Waals surface area contributed by atoms with E-state index in [1.165, 1.54) is 48.2 Å². The van der Waals surface area contributed by atoms with Gasteiger partial charge in [-0.25, -0.2) is 4.98 Å². The van der Waals surface area contributed by atoms with E-state index >= 15 is 0 Å². The number of imidazole rings is 1. The van der Waals surface area contributed by atoms with Crippen LogP contribution in [-0.2, 0) is 16.1 Å². The second-order valence-electron chi connectivity index (χ2n) is 9.98. The monoisotopic (exact) mass is 486 g/mol. The average molecular weight is 487 g/mol. The molecule has 2 aromatic rings. The Bertz CT molecular complexity index is 960. The Labute approximate surface area is 209 Å². The summed E-state index contributed by atoms with van der Waals surface area (Å²) in [7, 11) is 0. The first-order valence-corrected chi connectivity index (χ1v) is 12.5. The van der Waals surface area contributed by atoms with Crippen LogP contribution < -0.4 is 5.73 Å². The molecule has 4 N–H and O–H groups in total. The Hall–Kier alpha value is -2.71. The van der Waals surface area contributed by atoms with Gasteiger partial charge in [0.25, 0.3) is 11.9 Å². The van der Waals surface area contributed by atoms with Crippen molar-refractivity contribution in [3.05, 3.63) is 41.2 Å². The van der Waals surface area contributed by atoms with Crippen molar-refractivity contribution in [2.24, 2.45) is 11.7 Å². The lowest BCUT2D eigenvalue weighted by Crippen LogP contribution is -2.32. The Kier molecular flexibility index (Phi) is 10.9. The number of carbonyl (C=O) groups is 2. The molecule has 194 valence electrons. The molecule has 1 saturated carbocycles. The number of aryl methyl sites for hydroxylation is 1. The first kappa shape index (κ1) is 28.5. The molecule has 1 saturated heterocycles. The van der Waals surface area contributed by atoms with Gasteiger partial charge >= 0.3 is 0 Å². The van der Waals surface area contributed by atoms with Gasteiger partial charge in [0.2, 0.25) is 0 Å². The second-order valence-corrected chi connectivity index (χ2v) is 9.98. The molecular weight excluding hydrogens is 444 g/mol. The van der Waals surface area contributed by atoms with Crippen LogP contribution in [0, 0.1) is 19.8 Å². The Morgan fingerprint density at radius 1 is 1.06 bits per heavy atom. The SMILES string of the molecule is CC(=O)O.CC(=O)O.Cc1cc(CN2CCC(C)CC2)c(C)c(-c2nccn2[C@@H]2CC[C@H](N)C2)c1. The molecule has 0 bridgehead atoms. The van der Waals surface area contributed by atoms with Gasteiger partial charge in [-0.1, -0.05) is 18.6 Å². The number of nitrogens with zero attached hydrogens (tertiary/aromatic N) is 3. The van der Waals surface area contributed by atoms with E-state index in [9.17, 15) is 0 Å². The van der Waals surface area contributed by atoms with Crippen LogP contribution in [0.4, 0.5) is 0 Å². The fourth-order valence-electron chi connectivity index (χ4n) is 4.85. The third kappa shape index (κ3) is 9.11. The third-order valence-electron chi connectivity index (χ3n) is 6.68. The highest BCUT2D eigenvalue weighted by Crippen LogP contribution is 2.35. The summed E-state index contributed by atoms with van der Waals surface area (Å²) in [4.78, 5) is 25.4. The standard InChI is InChI=1S/C23H34N4.2C2H4O2/c1-16-6-9-26(10-7-16)15-19-12-17(2)13-22(18(19)3)23-25-8-11-27(23)21-5-4-20(24)14-21;2*1-2(3)4/h8,11-13,16,20-21H,4-7,9-10,14-15,24H2,1-3H3;2*1H3,(H,3,4)/t20-,21+;;/m0../s1. The van der Waals surface area contributed by atoms with E-state index < -0.39 is 11.9 Å². The maximum Gasteiger partial charge on any atom is 0.300 e. The minimum atomic E-state index is -0.833. The lowest BCUT2D eigenvalue weighted by atomic mass is 9.95. The molecule has 1 aromatic heterocycles. The summed E-state index contributed by atoms with van der Waals surface area (Å²) < 4.78 is 2.38. The van der Waals surface area contributed by atoms with E-state index in [0.717, 1.165) is 51.4 Å². The van der Waals surface area contributed by atoms with Gasteiger partial charge in [0.05, 0.1) is 0 Å². The van der Waals surface area contributed by atoms with E-state index in [1.807, 2.05) is 6.20 Å². The molecule has 1 aliphatic carbocycles. The van der Waals surface area contributed by atoms with Crippen LogP contribution in [0.1, 0.15) is 75.6 Å². The molecule has 8 heteroatoms. The fraction of sp³-hybridized carbons (Fsp3) is 0.593. The molecule has 2 atom stereocenters. The zero-order valence-electron chi connectivity index (χ0n) is 21.8. The van der Waals surface area contributed by atoms with Gasteiger partial charge in [-0.05, 0) is 82.2 Å². The number of rotatable bonds is 4. The number of nitrogens with two attached hydrogens (primary N) is 1. The molecule has 2 fully saturated rings. The zero-order chi connectivity index (χ0) is 26.1. The minimum absolute atomic E-state index is 0.334. The molecule has 35 heavy (non-hydrogen) atoms. The predicted molar refractivity (Wildman–Crippen MR) is 138 cm³/mol. The van der Waals surface area contributed by atoms with Crippen molar-refractivity contribution in [1.29, 1.82) is 0 Å². The zero-order valence-corrected chi connectivity index (χ0v) is 21.8. The third-order valence-corrected chi connectivity index (χ3v) is 6.68. The highest BCUT2D eigenvalue weighted by molar-refractivity contribution is 5.64. The van der Waals surface area contributed by atoms with Gasteiger partial charge in [-0.15, -0.1) is 0 Å². The van der Waals surface area contributed by atoms with Crippen LogP contribution in [0.2, 0.25) is 0 Å². The van der Waals surface area contributed by atoms with E-state index in [1.54, 1.807) is 0 Å². The molecule has 2 aliphatic rings. The highest BCUT2D eigenvalue weighted by atomic mass is 16.4. The molecule has 8 nitrogen and oxygen atoms in total. The van der Waals surface area contributed by atoms with E-state index in [4.69, 9.17) is 30.5 Å². The summed E-state index contributed by atoms with van der Waals surface area (Å²) in [5.74, 6) is 0.324. The molecule has 0 spiro atoms. The molecule has 0 radical (unpaired) electrons. The number of hydrogen-bond acceptors (Lipinski definition) is 5. The van der Waals surface area contributed by atoms with Crippen molar-refractivity contribution in [2.45, 2.75) is 85.4 Å². The highest BCUT2D eigenvalue weighted by Gasteiger charge is 2.26. The minimum Gasteiger partial charge on any atom is -0.481 e. The van der Waals surface area contributed by atoms with Crippen molar-refractivity contribution >= 4 is 11.9 Å². The van der Waals surface area contributed by atoms with Crippen LogP contribution in [0.15, 0.2) is 24.5 Å². The summed E-state index contributed by atoms with van der Waals surface area (Å²) in [6.45, 7) is 12.5. The fourth-order valence-corrected chi connectivity index (χ4v) is 4.85. The molecule has 1 aromatic carbocycles. The molecule has 2 heterocycles. The van der Waals surface area contributed by atoms with E-state index in [2.05, 4.69) is 48.6 Å². The number of carboxylic acids is 2.